The van der Waals surface area contributed by atoms with Crippen LogP contribution in [0, 0.1) is 5.82 Å². The second-order valence-electron chi connectivity index (χ2n) is 3.69. The first-order valence-corrected chi connectivity index (χ1v) is 6.21. The van der Waals surface area contributed by atoms with Crippen molar-refractivity contribution < 1.29 is 9.13 Å². The molecule has 18 heavy (non-hydrogen) atoms. The quantitative estimate of drug-likeness (QED) is 0.944. The van der Waals surface area contributed by atoms with Gasteiger partial charge in [-0.05, 0) is 30.3 Å². The fraction of sp³-hybridized carbons (Fsp3) is 0.154. The summed E-state index contributed by atoms with van der Waals surface area (Å²) in [5.74, 6) is -0.197. The molecule has 5 heteroatoms. The molecule has 1 heterocycles. The van der Waals surface area contributed by atoms with Crippen molar-refractivity contribution in [2.75, 3.05) is 0 Å². The first kappa shape index (κ1) is 13.0. The van der Waals surface area contributed by atoms with E-state index in [1.807, 2.05) is 18.2 Å². The monoisotopic (exact) mass is 310 g/mol. The SMILES string of the molecule is NCc1cccc(COc2cc(Br)ccc2F)n1. The molecule has 1 aromatic heterocycles. The van der Waals surface area contributed by atoms with Gasteiger partial charge in [0, 0.05) is 11.0 Å². The molecule has 0 aliphatic carbocycles. The van der Waals surface area contributed by atoms with Crippen LogP contribution in [0.2, 0.25) is 0 Å². The molecule has 0 fully saturated rings. The van der Waals surface area contributed by atoms with Crippen molar-refractivity contribution >= 4 is 15.9 Å². The lowest BCUT2D eigenvalue weighted by molar-refractivity contribution is 0.285. The number of ether oxygens (including phenoxy) is 1. The number of hydrogen-bond acceptors (Lipinski definition) is 3. The lowest BCUT2D eigenvalue weighted by Crippen LogP contribution is -2.04. The first-order chi connectivity index (χ1) is 8.69. The summed E-state index contributed by atoms with van der Waals surface area (Å²) in [7, 11) is 0. The number of hydrogen-bond donors (Lipinski definition) is 1. The highest BCUT2D eigenvalue weighted by molar-refractivity contribution is 9.10. The minimum Gasteiger partial charge on any atom is -0.484 e. The zero-order valence-electron chi connectivity index (χ0n) is 9.57. The van der Waals surface area contributed by atoms with Crippen molar-refractivity contribution in [3.63, 3.8) is 0 Å². The summed E-state index contributed by atoms with van der Waals surface area (Å²) in [6.07, 6.45) is 0. The normalized spacial score (nSPS) is 10.4. The van der Waals surface area contributed by atoms with E-state index in [0.29, 0.717) is 6.54 Å². The van der Waals surface area contributed by atoms with E-state index in [0.717, 1.165) is 15.9 Å². The number of aromatic nitrogens is 1. The van der Waals surface area contributed by atoms with Crippen LogP contribution in [0.3, 0.4) is 0 Å². The fourth-order valence-electron chi connectivity index (χ4n) is 1.46. The second-order valence-corrected chi connectivity index (χ2v) is 4.60. The van der Waals surface area contributed by atoms with Crippen LogP contribution in [-0.4, -0.2) is 4.98 Å². The molecule has 0 saturated carbocycles. The Hall–Kier alpha value is -1.46. The number of benzene rings is 1. The van der Waals surface area contributed by atoms with Gasteiger partial charge in [-0.1, -0.05) is 22.0 Å². The maximum absolute atomic E-state index is 13.4. The average Bonchev–Trinajstić information content (AvgIpc) is 2.40. The minimum absolute atomic E-state index is 0.198. The van der Waals surface area contributed by atoms with Gasteiger partial charge in [-0.25, -0.2) is 4.39 Å². The van der Waals surface area contributed by atoms with Crippen molar-refractivity contribution in [1.29, 1.82) is 0 Å². The van der Waals surface area contributed by atoms with E-state index in [4.69, 9.17) is 10.5 Å². The molecule has 2 N–H and O–H groups in total. The molecule has 2 rings (SSSR count). The minimum atomic E-state index is -0.395. The molecular formula is C13H12BrFN2O. The zero-order chi connectivity index (χ0) is 13.0. The van der Waals surface area contributed by atoms with Gasteiger partial charge in [-0.3, -0.25) is 4.98 Å². The molecular weight excluding hydrogens is 299 g/mol. The molecule has 94 valence electrons. The first-order valence-electron chi connectivity index (χ1n) is 5.42. The standard InChI is InChI=1S/C13H12BrFN2O/c14-9-4-5-12(15)13(6-9)18-8-11-3-1-2-10(7-16)17-11/h1-6H,7-8,16H2. The Kier molecular flexibility index (Phi) is 4.28. The van der Waals surface area contributed by atoms with E-state index in [1.54, 1.807) is 12.1 Å². The highest BCUT2D eigenvalue weighted by Gasteiger charge is 2.05. The Morgan fingerprint density at radius 2 is 2.00 bits per heavy atom. The maximum Gasteiger partial charge on any atom is 0.165 e. The third-order valence-corrected chi connectivity index (χ3v) is 2.84. The third kappa shape index (κ3) is 3.27. The average molecular weight is 311 g/mol. The summed E-state index contributed by atoms with van der Waals surface area (Å²) in [5.41, 5.74) is 7.00. The third-order valence-electron chi connectivity index (χ3n) is 2.34. The van der Waals surface area contributed by atoms with Crippen LogP contribution in [-0.2, 0) is 13.2 Å². The molecule has 0 spiro atoms. The molecule has 0 aliphatic rings. The molecule has 2 aromatic rings. The smallest absolute Gasteiger partial charge is 0.165 e. The molecule has 0 amide bonds. The van der Waals surface area contributed by atoms with Gasteiger partial charge in [0.25, 0.3) is 0 Å². The van der Waals surface area contributed by atoms with E-state index in [1.165, 1.54) is 6.07 Å². The second kappa shape index (κ2) is 5.93. The molecule has 0 radical (unpaired) electrons. The van der Waals surface area contributed by atoms with Gasteiger partial charge in [0.1, 0.15) is 6.61 Å². The van der Waals surface area contributed by atoms with Gasteiger partial charge in [-0.15, -0.1) is 0 Å². The van der Waals surface area contributed by atoms with Gasteiger partial charge in [0.2, 0.25) is 0 Å². The van der Waals surface area contributed by atoms with Crippen LogP contribution in [0.15, 0.2) is 40.9 Å². The Bertz CT molecular complexity index is 548. The maximum atomic E-state index is 13.4. The van der Waals surface area contributed by atoms with Gasteiger partial charge in [0.15, 0.2) is 11.6 Å². The molecule has 0 saturated heterocycles. The van der Waals surface area contributed by atoms with Crippen molar-refractivity contribution in [3.8, 4) is 5.75 Å². The largest absolute Gasteiger partial charge is 0.484 e. The Labute approximate surface area is 113 Å². The van der Waals surface area contributed by atoms with Gasteiger partial charge in [0.05, 0.1) is 11.4 Å². The number of pyridine rings is 1. The zero-order valence-corrected chi connectivity index (χ0v) is 11.2. The molecule has 0 atom stereocenters. The van der Waals surface area contributed by atoms with Crippen LogP contribution < -0.4 is 10.5 Å². The Morgan fingerprint density at radius 1 is 1.22 bits per heavy atom. The summed E-state index contributed by atoms with van der Waals surface area (Å²) in [6, 6.07) is 10.1. The Balaban J connectivity index is 2.08. The predicted molar refractivity (Wildman–Crippen MR) is 70.6 cm³/mol. The lowest BCUT2D eigenvalue weighted by Gasteiger charge is -2.08. The van der Waals surface area contributed by atoms with E-state index < -0.39 is 5.82 Å². The highest BCUT2D eigenvalue weighted by Crippen LogP contribution is 2.22. The van der Waals surface area contributed by atoms with E-state index in [2.05, 4.69) is 20.9 Å². The van der Waals surface area contributed by atoms with E-state index in [9.17, 15) is 4.39 Å². The van der Waals surface area contributed by atoms with Crippen LogP contribution in [0.4, 0.5) is 4.39 Å². The molecule has 0 unspecified atom stereocenters. The molecule has 0 aliphatic heterocycles. The lowest BCUT2D eigenvalue weighted by atomic mass is 10.3. The number of nitrogens with zero attached hydrogens (tertiary/aromatic N) is 1. The predicted octanol–water partition coefficient (Wildman–Crippen LogP) is 3.02. The van der Waals surface area contributed by atoms with Crippen LogP contribution in [0.1, 0.15) is 11.4 Å². The van der Waals surface area contributed by atoms with E-state index >= 15 is 0 Å². The summed E-state index contributed by atoms with van der Waals surface area (Å²) in [6.45, 7) is 0.584. The number of nitrogens with two attached hydrogens (primary N) is 1. The van der Waals surface area contributed by atoms with Crippen molar-refractivity contribution in [1.82, 2.24) is 4.98 Å². The van der Waals surface area contributed by atoms with Gasteiger partial charge in [-0.2, -0.15) is 0 Å². The van der Waals surface area contributed by atoms with Crippen LogP contribution >= 0.6 is 15.9 Å². The van der Waals surface area contributed by atoms with E-state index in [-0.39, 0.29) is 12.4 Å². The number of rotatable bonds is 4. The topological polar surface area (TPSA) is 48.1 Å². The summed E-state index contributed by atoms with van der Waals surface area (Å²) in [4.78, 5) is 4.27. The molecule has 0 bridgehead atoms. The van der Waals surface area contributed by atoms with Crippen molar-refractivity contribution in [3.05, 3.63) is 58.1 Å². The Morgan fingerprint density at radius 3 is 2.78 bits per heavy atom. The summed E-state index contributed by atoms with van der Waals surface area (Å²) >= 11 is 3.27. The van der Waals surface area contributed by atoms with Crippen LogP contribution in [0.25, 0.3) is 0 Å². The molecule has 3 nitrogen and oxygen atoms in total. The summed E-state index contributed by atoms with van der Waals surface area (Å²) in [5, 5.41) is 0. The number of halogens is 2. The fourth-order valence-corrected chi connectivity index (χ4v) is 1.80. The van der Waals surface area contributed by atoms with Crippen molar-refractivity contribution in [2.24, 2.45) is 5.73 Å². The highest BCUT2D eigenvalue weighted by atomic mass is 79.9. The summed E-state index contributed by atoms with van der Waals surface area (Å²) < 4.78 is 19.6. The van der Waals surface area contributed by atoms with Gasteiger partial charge < -0.3 is 10.5 Å². The van der Waals surface area contributed by atoms with Crippen molar-refractivity contribution in [2.45, 2.75) is 13.2 Å². The van der Waals surface area contributed by atoms with Crippen LogP contribution in [0.5, 0.6) is 5.75 Å². The molecule has 1 aromatic carbocycles. The van der Waals surface area contributed by atoms with Gasteiger partial charge >= 0.3 is 0 Å².